The molecule has 0 aromatic rings. The van der Waals surface area contributed by atoms with E-state index >= 15 is 0 Å². The molecule has 7 nitrogen and oxygen atoms in total. The van der Waals surface area contributed by atoms with Crippen molar-refractivity contribution in [3.05, 3.63) is 0 Å². The Bertz CT molecular complexity index is 281. The number of hydrogen-bond donors (Lipinski definition) is 4. The molecule has 0 aliphatic carbocycles. The van der Waals surface area contributed by atoms with Crippen molar-refractivity contribution in [3.8, 4) is 0 Å². The van der Waals surface area contributed by atoms with E-state index < -0.39 is 18.4 Å². The van der Waals surface area contributed by atoms with E-state index in [0.717, 1.165) is 12.8 Å². The number of rotatable bonds is 8. The summed E-state index contributed by atoms with van der Waals surface area (Å²) < 4.78 is 0. The second kappa shape index (κ2) is 8.51. The van der Waals surface area contributed by atoms with Crippen LogP contribution in [0.3, 0.4) is 0 Å². The van der Waals surface area contributed by atoms with E-state index in [1.54, 1.807) is 0 Å². The summed E-state index contributed by atoms with van der Waals surface area (Å²) in [7, 11) is 0. The molecule has 0 aromatic carbocycles. The van der Waals surface area contributed by atoms with Crippen LogP contribution in [0.5, 0.6) is 0 Å². The van der Waals surface area contributed by atoms with E-state index in [-0.39, 0.29) is 24.9 Å². The summed E-state index contributed by atoms with van der Waals surface area (Å²) in [6.07, 6.45) is 1.81. The molecule has 0 rings (SSSR count). The lowest BCUT2D eigenvalue weighted by atomic mass is 10.1. The summed E-state index contributed by atoms with van der Waals surface area (Å²) in [6, 6.07) is -0.206. The zero-order valence-corrected chi connectivity index (χ0v) is 9.86. The van der Waals surface area contributed by atoms with Crippen LogP contribution in [-0.4, -0.2) is 42.0 Å². The number of carbonyl (C=O) groups is 3. The molecule has 0 fully saturated rings. The fourth-order valence-corrected chi connectivity index (χ4v) is 1.20. The summed E-state index contributed by atoms with van der Waals surface area (Å²) in [5.41, 5.74) is 5.65. The number of nitrogens with one attached hydrogen (secondary N) is 2. The number of carboxylic acids is 1. The maximum atomic E-state index is 11.3. The molecule has 1 atom stereocenters. The second-order valence-electron chi connectivity index (χ2n) is 3.70. The monoisotopic (exact) mass is 245 g/mol. The third kappa shape index (κ3) is 9.31. The highest BCUT2D eigenvalue weighted by atomic mass is 16.4. The van der Waals surface area contributed by atoms with E-state index in [2.05, 4.69) is 10.6 Å². The fraction of sp³-hybridized carbons (Fsp3) is 0.700. The number of carboxylic acid groups (broad SMARTS) is 1. The average molecular weight is 245 g/mol. The summed E-state index contributed by atoms with van der Waals surface area (Å²) in [5.74, 6) is -1.98. The summed E-state index contributed by atoms with van der Waals surface area (Å²) in [5, 5.41) is 12.8. The van der Waals surface area contributed by atoms with Gasteiger partial charge in [-0.05, 0) is 6.42 Å². The van der Waals surface area contributed by atoms with Gasteiger partial charge in [0, 0.05) is 12.5 Å². The second-order valence-corrected chi connectivity index (χ2v) is 3.70. The standard InChI is InChI=1S/C10H19N3O4/c1-2-3-7(11)4-8(14)12-5-9(15)13-6-10(16)17/h7H,2-6,11H2,1H3,(H,12,14)(H,13,15)(H,16,17). The zero-order chi connectivity index (χ0) is 13.3. The molecule has 0 saturated heterocycles. The zero-order valence-electron chi connectivity index (χ0n) is 9.86. The lowest BCUT2D eigenvalue weighted by molar-refractivity contribution is -0.137. The van der Waals surface area contributed by atoms with Crippen molar-refractivity contribution >= 4 is 17.8 Å². The van der Waals surface area contributed by atoms with Gasteiger partial charge in [-0.2, -0.15) is 0 Å². The van der Waals surface area contributed by atoms with Gasteiger partial charge in [-0.1, -0.05) is 13.3 Å². The third-order valence-electron chi connectivity index (χ3n) is 1.99. The Kier molecular flexibility index (Phi) is 7.70. The van der Waals surface area contributed by atoms with Crippen LogP contribution in [0.1, 0.15) is 26.2 Å². The Hall–Kier alpha value is -1.63. The van der Waals surface area contributed by atoms with Crippen LogP contribution in [0.4, 0.5) is 0 Å². The number of hydrogen-bond acceptors (Lipinski definition) is 4. The third-order valence-corrected chi connectivity index (χ3v) is 1.99. The van der Waals surface area contributed by atoms with E-state index in [9.17, 15) is 14.4 Å². The van der Waals surface area contributed by atoms with Crippen molar-refractivity contribution in [3.63, 3.8) is 0 Å². The van der Waals surface area contributed by atoms with Crippen molar-refractivity contribution < 1.29 is 19.5 Å². The number of amides is 2. The predicted molar refractivity (Wildman–Crippen MR) is 61.2 cm³/mol. The van der Waals surface area contributed by atoms with Crippen LogP contribution in [0, 0.1) is 0 Å². The highest BCUT2D eigenvalue weighted by Gasteiger charge is 2.10. The first-order valence-corrected chi connectivity index (χ1v) is 5.46. The Balaban J connectivity index is 3.69. The normalized spacial score (nSPS) is 11.6. The highest BCUT2D eigenvalue weighted by Crippen LogP contribution is 1.97. The smallest absolute Gasteiger partial charge is 0.322 e. The first-order valence-electron chi connectivity index (χ1n) is 5.46. The van der Waals surface area contributed by atoms with Gasteiger partial charge < -0.3 is 21.5 Å². The number of aliphatic carboxylic acids is 1. The van der Waals surface area contributed by atoms with Gasteiger partial charge in [0.05, 0.1) is 6.54 Å². The van der Waals surface area contributed by atoms with Gasteiger partial charge in [0.1, 0.15) is 6.54 Å². The molecular weight excluding hydrogens is 226 g/mol. The molecule has 0 aliphatic rings. The molecule has 0 heterocycles. The number of nitrogens with two attached hydrogens (primary N) is 1. The van der Waals surface area contributed by atoms with Crippen molar-refractivity contribution in [1.82, 2.24) is 10.6 Å². The lowest BCUT2D eigenvalue weighted by Crippen LogP contribution is -2.40. The topological polar surface area (TPSA) is 122 Å². The molecular formula is C10H19N3O4. The molecule has 2 amide bonds. The van der Waals surface area contributed by atoms with E-state index in [0.29, 0.717) is 0 Å². The summed E-state index contributed by atoms with van der Waals surface area (Å²) >= 11 is 0. The molecule has 5 N–H and O–H groups in total. The minimum atomic E-state index is -1.13. The first-order chi connectivity index (χ1) is 7.95. The Morgan fingerprint density at radius 3 is 2.29 bits per heavy atom. The van der Waals surface area contributed by atoms with Crippen LogP contribution in [0.25, 0.3) is 0 Å². The van der Waals surface area contributed by atoms with Crippen molar-refractivity contribution in [2.45, 2.75) is 32.2 Å². The van der Waals surface area contributed by atoms with Crippen LogP contribution in [0.2, 0.25) is 0 Å². The van der Waals surface area contributed by atoms with Crippen LogP contribution >= 0.6 is 0 Å². The number of carbonyl (C=O) groups excluding carboxylic acids is 2. The predicted octanol–water partition coefficient (Wildman–Crippen LogP) is -1.18. The van der Waals surface area contributed by atoms with Crippen LogP contribution < -0.4 is 16.4 Å². The van der Waals surface area contributed by atoms with Gasteiger partial charge in [-0.25, -0.2) is 0 Å². The van der Waals surface area contributed by atoms with Gasteiger partial charge >= 0.3 is 5.97 Å². The maximum absolute atomic E-state index is 11.3. The van der Waals surface area contributed by atoms with E-state index in [4.69, 9.17) is 10.8 Å². The summed E-state index contributed by atoms with van der Waals surface area (Å²) in [4.78, 5) is 32.5. The van der Waals surface area contributed by atoms with Gasteiger partial charge in [-0.15, -0.1) is 0 Å². The van der Waals surface area contributed by atoms with Gasteiger partial charge in [0.2, 0.25) is 11.8 Å². The van der Waals surface area contributed by atoms with Crippen molar-refractivity contribution in [2.24, 2.45) is 5.73 Å². The highest BCUT2D eigenvalue weighted by molar-refractivity contribution is 5.86. The quantitative estimate of drug-likeness (QED) is 0.429. The Morgan fingerprint density at radius 2 is 1.76 bits per heavy atom. The van der Waals surface area contributed by atoms with Crippen molar-refractivity contribution in [1.29, 1.82) is 0 Å². The lowest BCUT2D eigenvalue weighted by Gasteiger charge is -2.10. The first kappa shape index (κ1) is 15.4. The molecule has 0 spiro atoms. The molecule has 1 unspecified atom stereocenters. The molecule has 0 bridgehead atoms. The Morgan fingerprint density at radius 1 is 1.18 bits per heavy atom. The average Bonchev–Trinajstić information content (AvgIpc) is 2.23. The van der Waals surface area contributed by atoms with Crippen LogP contribution in [0.15, 0.2) is 0 Å². The molecule has 17 heavy (non-hydrogen) atoms. The Labute approximate surface area is 99.7 Å². The molecule has 7 heteroatoms. The molecule has 0 saturated carbocycles. The molecule has 98 valence electrons. The van der Waals surface area contributed by atoms with Gasteiger partial charge in [-0.3, -0.25) is 14.4 Å². The maximum Gasteiger partial charge on any atom is 0.322 e. The summed E-state index contributed by atoms with van der Waals surface area (Å²) in [6.45, 7) is 1.28. The molecule has 0 aromatic heterocycles. The van der Waals surface area contributed by atoms with E-state index in [1.165, 1.54) is 0 Å². The SMILES string of the molecule is CCCC(N)CC(=O)NCC(=O)NCC(=O)O. The fourth-order valence-electron chi connectivity index (χ4n) is 1.20. The molecule has 0 radical (unpaired) electrons. The molecule has 0 aliphatic heterocycles. The van der Waals surface area contributed by atoms with Crippen molar-refractivity contribution in [2.75, 3.05) is 13.1 Å². The largest absolute Gasteiger partial charge is 0.480 e. The van der Waals surface area contributed by atoms with Crippen LogP contribution in [-0.2, 0) is 14.4 Å². The van der Waals surface area contributed by atoms with Gasteiger partial charge in [0.15, 0.2) is 0 Å². The van der Waals surface area contributed by atoms with Gasteiger partial charge in [0.25, 0.3) is 0 Å². The minimum absolute atomic E-state index is 0.167. The minimum Gasteiger partial charge on any atom is -0.480 e. The van der Waals surface area contributed by atoms with E-state index in [1.807, 2.05) is 6.92 Å².